The third-order valence-corrected chi connectivity index (χ3v) is 3.55. The summed E-state index contributed by atoms with van der Waals surface area (Å²) in [6, 6.07) is 12.0. The number of benzene rings is 2. The summed E-state index contributed by atoms with van der Waals surface area (Å²) < 4.78 is 5.54. The van der Waals surface area contributed by atoms with Crippen LogP contribution in [0.15, 0.2) is 46.9 Å². The monoisotopic (exact) mass is 364 g/mol. The van der Waals surface area contributed by atoms with E-state index >= 15 is 0 Å². The Hall–Kier alpha value is -2.41. The van der Waals surface area contributed by atoms with Crippen LogP contribution in [0.2, 0.25) is 0 Å². The number of nitrogens with zero attached hydrogens (tertiary/aromatic N) is 1. The Bertz CT molecular complexity index is 681. The second-order valence-corrected chi connectivity index (χ2v) is 5.42. The largest absolute Gasteiger partial charge is 0.444 e. The summed E-state index contributed by atoms with van der Waals surface area (Å²) in [6.07, 6.45) is -0.624. The van der Waals surface area contributed by atoms with Crippen molar-refractivity contribution in [3.8, 4) is 0 Å². The summed E-state index contributed by atoms with van der Waals surface area (Å²) in [5.74, 6) is 0. The second-order valence-electron chi connectivity index (χ2n) is 4.56. The number of nitrogens with one attached hydrogen (secondary N) is 1. The van der Waals surface area contributed by atoms with Crippen molar-refractivity contribution >= 4 is 33.4 Å². The minimum absolute atomic E-state index is 0.0485. The molecule has 0 saturated carbocycles. The summed E-state index contributed by atoms with van der Waals surface area (Å²) in [5.41, 5.74) is 1.84. The van der Waals surface area contributed by atoms with Gasteiger partial charge in [0.05, 0.1) is 10.6 Å². The Morgan fingerprint density at radius 1 is 1.32 bits per heavy atom. The molecule has 2 aromatic rings. The topological polar surface area (TPSA) is 81.5 Å². The number of nitro benzene ring substituents is 1. The van der Waals surface area contributed by atoms with Crippen LogP contribution >= 0.6 is 15.9 Å². The number of carbonyl (C=O) groups is 1. The summed E-state index contributed by atoms with van der Waals surface area (Å²) in [6.45, 7) is 1.82. The molecular formula is C15H13BrN2O4. The van der Waals surface area contributed by atoms with E-state index < -0.39 is 11.0 Å². The van der Waals surface area contributed by atoms with Gasteiger partial charge in [-0.1, -0.05) is 30.3 Å². The molecule has 7 heteroatoms. The predicted octanol–water partition coefficient (Wildman–Crippen LogP) is 4.41. The van der Waals surface area contributed by atoms with Gasteiger partial charge in [-0.2, -0.15) is 0 Å². The van der Waals surface area contributed by atoms with Crippen molar-refractivity contribution in [2.24, 2.45) is 0 Å². The van der Waals surface area contributed by atoms with E-state index in [1.165, 1.54) is 12.1 Å². The van der Waals surface area contributed by atoms with Crippen molar-refractivity contribution in [3.05, 3.63) is 68.2 Å². The highest BCUT2D eigenvalue weighted by atomic mass is 79.9. The average molecular weight is 365 g/mol. The Kier molecular flexibility index (Phi) is 5.11. The first-order valence-corrected chi connectivity index (χ1v) is 7.19. The van der Waals surface area contributed by atoms with Crippen LogP contribution in [0.25, 0.3) is 0 Å². The van der Waals surface area contributed by atoms with Crippen LogP contribution in [-0.2, 0) is 11.3 Å². The number of ether oxygens (including phenoxy) is 1. The lowest BCUT2D eigenvalue weighted by Gasteiger charge is -2.11. The van der Waals surface area contributed by atoms with Crippen LogP contribution in [0.5, 0.6) is 0 Å². The smallest absolute Gasteiger partial charge is 0.411 e. The molecule has 0 saturated heterocycles. The number of hydrogen-bond acceptors (Lipinski definition) is 4. The number of amides is 1. The van der Waals surface area contributed by atoms with Crippen molar-refractivity contribution in [1.82, 2.24) is 0 Å². The number of hydrogen-bond donors (Lipinski definition) is 1. The lowest BCUT2D eigenvalue weighted by Crippen LogP contribution is -2.14. The zero-order valence-corrected chi connectivity index (χ0v) is 13.3. The van der Waals surface area contributed by atoms with Gasteiger partial charge in [0.1, 0.15) is 6.61 Å². The van der Waals surface area contributed by atoms with E-state index in [4.69, 9.17) is 4.74 Å². The minimum atomic E-state index is -0.624. The molecule has 0 radical (unpaired) electrons. The fraction of sp³-hybridized carbons (Fsp3) is 0.133. The Morgan fingerprint density at radius 3 is 2.59 bits per heavy atom. The lowest BCUT2D eigenvalue weighted by atomic mass is 10.2. The number of nitro groups is 1. The van der Waals surface area contributed by atoms with Gasteiger partial charge in [-0.3, -0.25) is 15.4 Å². The average Bonchev–Trinajstić information content (AvgIpc) is 2.49. The molecule has 22 heavy (non-hydrogen) atoms. The van der Waals surface area contributed by atoms with E-state index in [0.717, 1.165) is 5.56 Å². The molecule has 6 nitrogen and oxygen atoms in total. The highest BCUT2D eigenvalue weighted by Gasteiger charge is 2.15. The zero-order chi connectivity index (χ0) is 16.1. The van der Waals surface area contributed by atoms with Crippen molar-refractivity contribution in [2.45, 2.75) is 13.5 Å². The first kappa shape index (κ1) is 16.0. The van der Waals surface area contributed by atoms with Crippen LogP contribution in [-0.4, -0.2) is 11.0 Å². The van der Waals surface area contributed by atoms with Crippen LogP contribution in [0, 0.1) is 17.0 Å². The normalized spacial score (nSPS) is 10.1. The number of non-ortho nitro benzene ring substituents is 1. The van der Waals surface area contributed by atoms with Crippen molar-refractivity contribution in [3.63, 3.8) is 0 Å². The van der Waals surface area contributed by atoms with Crippen molar-refractivity contribution < 1.29 is 14.5 Å². The molecule has 0 aromatic heterocycles. The quantitative estimate of drug-likeness (QED) is 0.643. The molecule has 0 fully saturated rings. The Labute approximate surface area is 135 Å². The van der Waals surface area contributed by atoms with Gasteiger partial charge in [-0.25, -0.2) is 4.79 Å². The van der Waals surface area contributed by atoms with Gasteiger partial charge in [0, 0.05) is 16.6 Å². The van der Waals surface area contributed by atoms with Gasteiger partial charge in [0.25, 0.3) is 5.69 Å². The summed E-state index contributed by atoms with van der Waals surface area (Å²) in [5, 5.41) is 13.4. The summed E-state index contributed by atoms with van der Waals surface area (Å²) in [7, 11) is 0. The molecule has 0 atom stereocenters. The third kappa shape index (κ3) is 4.05. The first-order valence-electron chi connectivity index (χ1n) is 6.39. The number of carbonyl (C=O) groups excluding carboxylic acids is 1. The molecule has 0 bridgehead atoms. The van der Waals surface area contributed by atoms with Crippen LogP contribution in [0.4, 0.5) is 16.2 Å². The molecule has 114 valence electrons. The van der Waals surface area contributed by atoms with Gasteiger partial charge in [-0.15, -0.1) is 0 Å². The highest BCUT2D eigenvalue weighted by molar-refractivity contribution is 9.10. The third-order valence-electron chi connectivity index (χ3n) is 2.92. The molecular weight excluding hydrogens is 352 g/mol. The number of rotatable bonds is 4. The number of aryl methyl sites for hydroxylation is 1. The van der Waals surface area contributed by atoms with Gasteiger partial charge < -0.3 is 4.74 Å². The first-order chi connectivity index (χ1) is 10.5. The molecule has 0 aliphatic carbocycles. The number of halogens is 1. The van der Waals surface area contributed by atoms with E-state index in [1.807, 2.05) is 30.3 Å². The van der Waals surface area contributed by atoms with Crippen molar-refractivity contribution in [1.29, 1.82) is 0 Å². The molecule has 0 spiro atoms. The molecule has 0 aliphatic heterocycles. The molecule has 1 amide bonds. The molecule has 2 aromatic carbocycles. The number of anilines is 1. The molecule has 1 N–H and O–H groups in total. The minimum Gasteiger partial charge on any atom is -0.444 e. The molecule has 2 rings (SSSR count). The zero-order valence-electron chi connectivity index (χ0n) is 11.7. The van der Waals surface area contributed by atoms with Crippen LogP contribution < -0.4 is 5.32 Å². The summed E-state index contributed by atoms with van der Waals surface area (Å²) >= 11 is 3.22. The van der Waals surface area contributed by atoms with Gasteiger partial charge >= 0.3 is 6.09 Å². The fourth-order valence-electron chi connectivity index (χ4n) is 1.85. The molecule has 0 heterocycles. The maximum atomic E-state index is 11.8. The predicted molar refractivity (Wildman–Crippen MR) is 85.8 cm³/mol. The SMILES string of the molecule is Cc1cc([N+](=O)[O-])cc(Br)c1NC(=O)OCc1ccccc1. The molecule has 0 aliphatic rings. The van der Waals surface area contributed by atoms with Crippen LogP contribution in [0.3, 0.4) is 0 Å². The van der Waals surface area contributed by atoms with Gasteiger partial charge in [0.2, 0.25) is 0 Å². The summed E-state index contributed by atoms with van der Waals surface area (Å²) in [4.78, 5) is 22.1. The van der Waals surface area contributed by atoms with E-state index in [2.05, 4.69) is 21.2 Å². The van der Waals surface area contributed by atoms with E-state index in [9.17, 15) is 14.9 Å². The van der Waals surface area contributed by atoms with E-state index in [1.54, 1.807) is 6.92 Å². The highest BCUT2D eigenvalue weighted by Crippen LogP contribution is 2.31. The van der Waals surface area contributed by atoms with Crippen molar-refractivity contribution in [2.75, 3.05) is 5.32 Å². The fourth-order valence-corrected chi connectivity index (χ4v) is 2.50. The van der Waals surface area contributed by atoms with Gasteiger partial charge in [0.15, 0.2) is 0 Å². The van der Waals surface area contributed by atoms with E-state index in [0.29, 0.717) is 15.7 Å². The van der Waals surface area contributed by atoms with E-state index in [-0.39, 0.29) is 12.3 Å². The Morgan fingerprint density at radius 2 is 2.00 bits per heavy atom. The Balaban J connectivity index is 2.04. The van der Waals surface area contributed by atoms with Gasteiger partial charge in [-0.05, 0) is 34.0 Å². The van der Waals surface area contributed by atoms with Crippen LogP contribution in [0.1, 0.15) is 11.1 Å². The maximum absolute atomic E-state index is 11.8. The standard InChI is InChI=1S/C15H13BrN2O4/c1-10-7-12(18(20)21)8-13(16)14(10)17-15(19)22-9-11-5-3-2-4-6-11/h2-8H,9H2,1H3,(H,17,19). The molecule has 0 unspecified atom stereocenters. The maximum Gasteiger partial charge on any atom is 0.411 e. The second kappa shape index (κ2) is 7.04. The lowest BCUT2D eigenvalue weighted by molar-refractivity contribution is -0.385.